The quantitative estimate of drug-likeness (QED) is 0.710. The van der Waals surface area contributed by atoms with E-state index in [1.165, 1.54) is 0 Å². The molecule has 1 aromatic heterocycles. The van der Waals surface area contributed by atoms with Crippen molar-refractivity contribution in [1.82, 2.24) is 19.7 Å². The number of likely N-dealkylation sites (tertiary alicyclic amines) is 1. The van der Waals surface area contributed by atoms with Gasteiger partial charge in [0, 0.05) is 19.6 Å². The molecule has 0 aromatic carbocycles. The fourth-order valence-electron chi connectivity index (χ4n) is 1.92. The van der Waals surface area contributed by atoms with Gasteiger partial charge in [-0.2, -0.15) is 0 Å². The molecule has 2 unspecified atom stereocenters. The Hall–Kier alpha value is -0.940. The van der Waals surface area contributed by atoms with Crippen LogP contribution in [0.2, 0.25) is 0 Å². The first-order valence-electron chi connectivity index (χ1n) is 4.92. The van der Waals surface area contributed by atoms with Crippen LogP contribution in [0.5, 0.6) is 0 Å². The lowest BCUT2D eigenvalue weighted by molar-refractivity contribution is 0.171. The van der Waals surface area contributed by atoms with Crippen LogP contribution in [0, 0.1) is 0 Å². The van der Waals surface area contributed by atoms with Crippen molar-refractivity contribution in [2.24, 2.45) is 7.05 Å². The maximum atomic E-state index is 9.48. The van der Waals surface area contributed by atoms with Crippen LogP contribution in [0.15, 0.2) is 6.33 Å². The lowest BCUT2D eigenvalue weighted by atomic mass is 10.2. The van der Waals surface area contributed by atoms with Crippen molar-refractivity contribution in [3.8, 4) is 0 Å². The second-order valence-electron chi connectivity index (χ2n) is 4.03. The van der Waals surface area contributed by atoms with Gasteiger partial charge in [0.15, 0.2) is 0 Å². The molecular formula is C9H16N4O. The molecule has 2 rings (SSSR count). The molecule has 0 bridgehead atoms. The van der Waals surface area contributed by atoms with Gasteiger partial charge in [-0.15, -0.1) is 10.2 Å². The predicted molar refractivity (Wildman–Crippen MR) is 51.5 cm³/mol. The van der Waals surface area contributed by atoms with E-state index in [-0.39, 0.29) is 6.10 Å². The minimum Gasteiger partial charge on any atom is -0.392 e. The zero-order valence-electron chi connectivity index (χ0n) is 8.59. The van der Waals surface area contributed by atoms with E-state index < -0.39 is 0 Å². The van der Waals surface area contributed by atoms with Crippen LogP contribution in [0.4, 0.5) is 0 Å². The van der Waals surface area contributed by atoms with Crippen molar-refractivity contribution >= 4 is 0 Å². The van der Waals surface area contributed by atoms with Crippen molar-refractivity contribution in [3.05, 3.63) is 12.2 Å². The third kappa shape index (κ3) is 1.78. The Kier molecular flexibility index (Phi) is 2.52. The highest BCUT2D eigenvalue weighted by Gasteiger charge is 2.28. The van der Waals surface area contributed by atoms with Crippen LogP contribution in [-0.4, -0.2) is 43.5 Å². The van der Waals surface area contributed by atoms with E-state index in [4.69, 9.17) is 0 Å². The molecule has 78 valence electrons. The van der Waals surface area contributed by atoms with Crippen LogP contribution < -0.4 is 0 Å². The van der Waals surface area contributed by atoms with E-state index in [0.29, 0.717) is 6.04 Å². The van der Waals surface area contributed by atoms with Crippen LogP contribution in [0.1, 0.15) is 19.2 Å². The standard InChI is InChI=1S/C9H16N4O/c1-7-3-8(14)4-13(7)5-9-11-10-6-12(9)2/h6-8,14H,3-5H2,1-2H3. The zero-order chi connectivity index (χ0) is 10.1. The lowest BCUT2D eigenvalue weighted by Crippen LogP contribution is -2.28. The number of aliphatic hydroxyl groups excluding tert-OH is 1. The summed E-state index contributed by atoms with van der Waals surface area (Å²) in [5.74, 6) is 0.950. The number of aliphatic hydroxyl groups is 1. The summed E-state index contributed by atoms with van der Waals surface area (Å²) in [7, 11) is 1.94. The van der Waals surface area contributed by atoms with E-state index in [1.54, 1.807) is 6.33 Å². The molecule has 0 saturated carbocycles. The zero-order valence-corrected chi connectivity index (χ0v) is 8.59. The summed E-state index contributed by atoms with van der Waals surface area (Å²) in [6.45, 7) is 3.65. The molecule has 0 aliphatic carbocycles. The molecule has 1 aromatic rings. The maximum Gasteiger partial charge on any atom is 0.146 e. The molecular weight excluding hydrogens is 180 g/mol. The first kappa shape index (κ1) is 9.61. The summed E-state index contributed by atoms with van der Waals surface area (Å²) >= 11 is 0. The fraction of sp³-hybridized carbons (Fsp3) is 0.778. The molecule has 1 saturated heterocycles. The van der Waals surface area contributed by atoms with E-state index in [2.05, 4.69) is 22.0 Å². The minimum atomic E-state index is -0.182. The summed E-state index contributed by atoms with van der Waals surface area (Å²) in [6, 6.07) is 0.432. The Balaban J connectivity index is 2.01. The van der Waals surface area contributed by atoms with E-state index >= 15 is 0 Å². The third-order valence-electron chi connectivity index (χ3n) is 2.83. The highest BCUT2D eigenvalue weighted by Crippen LogP contribution is 2.18. The maximum absolute atomic E-state index is 9.48. The van der Waals surface area contributed by atoms with Gasteiger partial charge in [-0.1, -0.05) is 0 Å². The van der Waals surface area contributed by atoms with E-state index in [1.807, 2.05) is 11.6 Å². The number of hydrogen-bond donors (Lipinski definition) is 1. The van der Waals surface area contributed by atoms with Gasteiger partial charge >= 0.3 is 0 Å². The van der Waals surface area contributed by atoms with E-state index in [9.17, 15) is 5.11 Å². The highest BCUT2D eigenvalue weighted by molar-refractivity contribution is 4.89. The van der Waals surface area contributed by atoms with Crippen molar-refractivity contribution in [2.75, 3.05) is 6.54 Å². The summed E-state index contributed by atoms with van der Waals surface area (Å²) in [6.07, 6.45) is 2.38. The van der Waals surface area contributed by atoms with Crippen LogP contribution in [0.25, 0.3) is 0 Å². The SMILES string of the molecule is CC1CC(O)CN1Cc1nncn1C. The molecule has 1 N–H and O–H groups in total. The molecule has 0 radical (unpaired) electrons. The number of rotatable bonds is 2. The molecule has 2 atom stereocenters. The number of nitrogens with zero attached hydrogens (tertiary/aromatic N) is 4. The first-order chi connectivity index (χ1) is 6.66. The number of hydrogen-bond acceptors (Lipinski definition) is 4. The monoisotopic (exact) mass is 196 g/mol. The minimum absolute atomic E-state index is 0.182. The lowest BCUT2D eigenvalue weighted by Gasteiger charge is -2.19. The van der Waals surface area contributed by atoms with Gasteiger partial charge in [0.05, 0.1) is 12.6 Å². The van der Waals surface area contributed by atoms with Gasteiger partial charge < -0.3 is 9.67 Å². The van der Waals surface area contributed by atoms with Crippen molar-refractivity contribution < 1.29 is 5.11 Å². The molecule has 2 heterocycles. The molecule has 14 heavy (non-hydrogen) atoms. The number of aromatic nitrogens is 3. The van der Waals surface area contributed by atoms with Gasteiger partial charge in [0.2, 0.25) is 0 Å². The van der Waals surface area contributed by atoms with Gasteiger partial charge in [-0.25, -0.2) is 0 Å². The molecule has 1 fully saturated rings. The second-order valence-corrected chi connectivity index (χ2v) is 4.03. The van der Waals surface area contributed by atoms with E-state index in [0.717, 1.165) is 25.3 Å². The van der Waals surface area contributed by atoms with Gasteiger partial charge in [0.25, 0.3) is 0 Å². The third-order valence-corrected chi connectivity index (χ3v) is 2.83. The Bertz CT molecular complexity index is 312. The molecule has 5 heteroatoms. The Morgan fingerprint density at radius 2 is 2.43 bits per heavy atom. The topological polar surface area (TPSA) is 54.2 Å². The fourth-order valence-corrected chi connectivity index (χ4v) is 1.92. The highest BCUT2D eigenvalue weighted by atomic mass is 16.3. The Labute approximate surface area is 83.4 Å². The Morgan fingerprint density at radius 1 is 1.64 bits per heavy atom. The smallest absolute Gasteiger partial charge is 0.146 e. The molecule has 1 aliphatic rings. The number of aryl methyl sites for hydroxylation is 1. The molecule has 0 amide bonds. The molecule has 1 aliphatic heterocycles. The summed E-state index contributed by atoms with van der Waals surface area (Å²) in [4.78, 5) is 2.23. The first-order valence-corrected chi connectivity index (χ1v) is 4.92. The average Bonchev–Trinajstić information content (AvgIpc) is 2.62. The van der Waals surface area contributed by atoms with Crippen LogP contribution in [-0.2, 0) is 13.6 Å². The van der Waals surface area contributed by atoms with Gasteiger partial charge in [0.1, 0.15) is 12.2 Å². The Morgan fingerprint density at radius 3 is 2.93 bits per heavy atom. The largest absolute Gasteiger partial charge is 0.392 e. The summed E-state index contributed by atoms with van der Waals surface area (Å²) < 4.78 is 1.91. The summed E-state index contributed by atoms with van der Waals surface area (Å²) in [5.41, 5.74) is 0. The van der Waals surface area contributed by atoms with Gasteiger partial charge in [-0.05, 0) is 13.3 Å². The van der Waals surface area contributed by atoms with Crippen molar-refractivity contribution in [1.29, 1.82) is 0 Å². The predicted octanol–water partition coefficient (Wildman–Crippen LogP) is -0.230. The second kappa shape index (κ2) is 3.67. The van der Waals surface area contributed by atoms with Crippen LogP contribution >= 0.6 is 0 Å². The van der Waals surface area contributed by atoms with Crippen LogP contribution in [0.3, 0.4) is 0 Å². The average molecular weight is 196 g/mol. The molecule has 0 spiro atoms. The normalized spacial score (nSPS) is 28.5. The summed E-state index contributed by atoms with van der Waals surface area (Å²) in [5, 5.41) is 17.3. The number of β-amino-alcohol motifs (C(OH)–C–C–N with tert-alkyl or cyclic N) is 1. The van der Waals surface area contributed by atoms with Crippen molar-refractivity contribution in [3.63, 3.8) is 0 Å². The van der Waals surface area contributed by atoms with Gasteiger partial charge in [-0.3, -0.25) is 4.90 Å². The van der Waals surface area contributed by atoms with Crippen molar-refractivity contribution in [2.45, 2.75) is 32.0 Å². The molecule has 5 nitrogen and oxygen atoms in total.